The molecule has 2 heterocycles. The minimum atomic E-state index is -1.71. The molecule has 1 aromatic carbocycles. The van der Waals surface area contributed by atoms with Crippen LogP contribution in [0.25, 0.3) is 0 Å². The van der Waals surface area contributed by atoms with Gasteiger partial charge in [0.15, 0.2) is 11.2 Å². The lowest BCUT2D eigenvalue weighted by Gasteiger charge is -2.38. The van der Waals surface area contributed by atoms with E-state index in [1.54, 1.807) is 31.2 Å². The molecule has 1 spiro atoms. The zero-order chi connectivity index (χ0) is 20.3. The van der Waals surface area contributed by atoms with Crippen molar-refractivity contribution in [1.29, 1.82) is 0 Å². The number of esters is 2. The topological polar surface area (TPSA) is 108 Å². The molecule has 1 aromatic rings. The average Bonchev–Trinajstić information content (AvgIpc) is 2.86. The molecule has 0 amide bonds. The summed E-state index contributed by atoms with van der Waals surface area (Å²) in [6.45, 7) is 5.66. The predicted molar refractivity (Wildman–Crippen MR) is 101 cm³/mol. The molecule has 1 atom stereocenters. The number of para-hydroxylation sites is 1. The Morgan fingerprint density at radius 1 is 1.25 bits per heavy atom. The first-order valence-electron chi connectivity index (χ1n) is 9.25. The molecule has 0 saturated heterocycles. The fraction of sp³-hybridized carbons (Fsp3) is 0.381. The number of allylic oxidation sites excluding steroid dienone is 1. The number of ketones is 1. The number of carbonyl (C=O) groups excluding carboxylic acids is 3. The summed E-state index contributed by atoms with van der Waals surface area (Å²) in [7, 11) is 0. The van der Waals surface area contributed by atoms with Crippen molar-refractivity contribution in [2.24, 2.45) is 11.1 Å². The van der Waals surface area contributed by atoms with E-state index in [9.17, 15) is 14.4 Å². The Labute approximate surface area is 162 Å². The highest BCUT2D eigenvalue weighted by Crippen LogP contribution is 2.56. The molecular weight excluding hydrogens is 360 g/mol. The van der Waals surface area contributed by atoms with Gasteiger partial charge in [-0.25, -0.2) is 9.59 Å². The van der Waals surface area contributed by atoms with Gasteiger partial charge >= 0.3 is 11.9 Å². The summed E-state index contributed by atoms with van der Waals surface area (Å²) in [5.41, 5.74) is 5.28. The second-order valence-electron chi connectivity index (χ2n) is 8.06. The van der Waals surface area contributed by atoms with Crippen molar-refractivity contribution in [2.75, 3.05) is 11.9 Å². The molecule has 0 unspecified atom stereocenters. The molecule has 0 bridgehead atoms. The fourth-order valence-electron chi connectivity index (χ4n) is 4.46. The van der Waals surface area contributed by atoms with Crippen molar-refractivity contribution in [1.82, 2.24) is 0 Å². The van der Waals surface area contributed by atoms with Crippen LogP contribution < -0.4 is 11.1 Å². The summed E-state index contributed by atoms with van der Waals surface area (Å²) >= 11 is 0. The van der Waals surface area contributed by atoms with Gasteiger partial charge in [-0.1, -0.05) is 32.0 Å². The Bertz CT molecular complexity index is 988. The maximum absolute atomic E-state index is 13.4. The first-order chi connectivity index (χ1) is 13.2. The Morgan fingerprint density at radius 2 is 1.96 bits per heavy atom. The lowest BCUT2D eigenvalue weighted by molar-refractivity contribution is -0.146. The standard InChI is InChI=1S/C21H22N2O5/c1-4-27-18(25)16-17(22)23-12-8-6-5-7-11(12)21(16)15-13(24)9-20(2,3)10-14(15)28-19(21)26/h5-8,23H,4,9-10,22H2,1-3H3/t21-/m1/s1. The van der Waals surface area contributed by atoms with E-state index in [-0.39, 0.29) is 41.2 Å². The third-order valence-corrected chi connectivity index (χ3v) is 5.46. The third-order valence-electron chi connectivity index (χ3n) is 5.46. The minimum Gasteiger partial charge on any atom is -0.462 e. The number of ether oxygens (including phenoxy) is 2. The number of hydrogen-bond acceptors (Lipinski definition) is 7. The van der Waals surface area contributed by atoms with Gasteiger partial charge in [0, 0.05) is 24.1 Å². The van der Waals surface area contributed by atoms with Crippen LogP contribution in [0.3, 0.4) is 0 Å². The molecule has 0 aromatic heterocycles. The van der Waals surface area contributed by atoms with Crippen molar-refractivity contribution in [3.8, 4) is 0 Å². The molecule has 3 aliphatic rings. The largest absolute Gasteiger partial charge is 0.462 e. The summed E-state index contributed by atoms with van der Waals surface area (Å²) < 4.78 is 10.8. The van der Waals surface area contributed by atoms with Crippen LogP contribution in [0.1, 0.15) is 39.2 Å². The van der Waals surface area contributed by atoms with Crippen LogP contribution in [-0.4, -0.2) is 24.3 Å². The zero-order valence-corrected chi connectivity index (χ0v) is 16.0. The summed E-state index contributed by atoms with van der Waals surface area (Å²) in [5, 5.41) is 2.96. The van der Waals surface area contributed by atoms with E-state index in [2.05, 4.69) is 5.32 Å². The van der Waals surface area contributed by atoms with E-state index in [0.717, 1.165) is 0 Å². The number of fused-ring (bicyclic) bond motifs is 3. The smallest absolute Gasteiger partial charge is 0.339 e. The first-order valence-corrected chi connectivity index (χ1v) is 9.25. The second-order valence-corrected chi connectivity index (χ2v) is 8.06. The molecule has 146 valence electrons. The number of nitrogens with one attached hydrogen (secondary N) is 1. The maximum Gasteiger partial charge on any atom is 0.339 e. The number of nitrogens with two attached hydrogens (primary N) is 1. The number of Topliss-reactive ketones (excluding diaryl/α,β-unsaturated/α-hetero) is 1. The van der Waals surface area contributed by atoms with Crippen molar-refractivity contribution in [2.45, 2.75) is 39.0 Å². The summed E-state index contributed by atoms with van der Waals surface area (Å²) in [5.74, 6) is -1.35. The Morgan fingerprint density at radius 3 is 2.68 bits per heavy atom. The van der Waals surface area contributed by atoms with Gasteiger partial charge in [-0.15, -0.1) is 0 Å². The Kier molecular flexibility index (Phi) is 3.89. The van der Waals surface area contributed by atoms with E-state index >= 15 is 0 Å². The maximum atomic E-state index is 13.4. The summed E-state index contributed by atoms with van der Waals surface area (Å²) in [6, 6.07) is 6.98. The molecule has 2 aliphatic heterocycles. The highest BCUT2D eigenvalue weighted by Gasteiger charge is 2.63. The van der Waals surface area contributed by atoms with Crippen LogP contribution in [0.5, 0.6) is 0 Å². The Balaban J connectivity index is 2.06. The fourth-order valence-corrected chi connectivity index (χ4v) is 4.46. The van der Waals surface area contributed by atoms with Gasteiger partial charge in [-0.3, -0.25) is 4.79 Å². The van der Waals surface area contributed by atoms with Crippen LogP contribution in [0.4, 0.5) is 5.69 Å². The molecule has 0 radical (unpaired) electrons. The van der Waals surface area contributed by atoms with E-state index in [4.69, 9.17) is 15.2 Å². The average molecular weight is 382 g/mol. The van der Waals surface area contributed by atoms with E-state index in [1.807, 2.05) is 13.8 Å². The molecule has 3 N–H and O–H groups in total. The number of anilines is 1. The van der Waals surface area contributed by atoms with Crippen molar-refractivity contribution in [3.05, 3.63) is 52.6 Å². The summed E-state index contributed by atoms with van der Waals surface area (Å²) in [6.07, 6.45) is 0.670. The molecule has 7 heteroatoms. The highest BCUT2D eigenvalue weighted by atomic mass is 16.5. The van der Waals surface area contributed by atoms with Crippen LogP contribution in [0.15, 0.2) is 47.0 Å². The van der Waals surface area contributed by atoms with E-state index in [0.29, 0.717) is 23.4 Å². The number of benzene rings is 1. The lowest BCUT2D eigenvalue weighted by Crippen LogP contribution is -2.48. The Hall–Kier alpha value is -3.09. The van der Waals surface area contributed by atoms with E-state index in [1.165, 1.54) is 0 Å². The van der Waals surface area contributed by atoms with Gasteiger partial charge in [-0.05, 0) is 18.4 Å². The first kappa shape index (κ1) is 18.3. The van der Waals surface area contributed by atoms with Crippen molar-refractivity contribution >= 4 is 23.4 Å². The molecule has 28 heavy (non-hydrogen) atoms. The van der Waals surface area contributed by atoms with Gasteiger partial charge in [0.2, 0.25) is 0 Å². The molecule has 7 nitrogen and oxygen atoms in total. The molecule has 1 aliphatic carbocycles. The molecule has 0 fully saturated rings. The SMILES string of the molecule is CCOC(=O)C1=C(N)Nc2ccccc2[C@]12C(=O)OC1=C2C(=O)CC(C)(C)C1. The van der Waals surface area contributed by atoms with Gasteiger partial charge in [0.25, 0.3) is 0 Å². The second kappa shape index (κ2) is 5.95. The third kappa shape index (κ3) is 2.32. The van der Waals surface area contributed by atoms with Gasteiger partial charge in [-0.2, -0.15) is 0 Å². The van der Waals surface area contributed by atoms with E-state index < -0.39 is 17.4 Å². The van der Waals surface area contributed by atoms with Gasteiger partial charge in [0.05, 0.1) is 12.2 Å². The number of hydrogen-bond donors (Lipinski definition) is 2. The van der Waals surface area contributed by atoms with Crippen LogP contribution in [0.2, 0.25) is 0 Å². The van der Waals surface area contributed by atoms with Crippen LogP contribution in [0, 0.1) is 5.41 Å². The van der Waals surface area contributed by atoms with Gasteiger partial charge in [0.1, 0.15) is 17.2 Å². The lowest BCUT2D eigenvalue weighted by atomic mass is 9.62. The van der Waals surface area contributed by atoms with Crippen molar-refractivity contribution in [3.63, 3.8) is 0 Å². The molecular formula is C21H22N2O5. The number of rotatable bonds is 2. The van der Waals surface area contributed by atoms with Crippen LogP contribution in [-0.2, 0) is 29.3 Å². The monoisotopic (exact) mass is 382 g/mol. The molecule has 4 rings (SSSR count). The quantitative estimate of drug-likeness (QED) is 0.756. The predicted octanol–water partition coefficient (Wildman–Crippen LogP) is 2.28. The minimum absolute atomic E-state index is 0.0134. The van der Waals surface area contributed by atoms with Crippen LogP contribution >= 0.6 is 0 Å². The summed E-state index contributed by atoms with van der Waals surface area (Å²) in [4.78, 5) is 39.5. The number of carbonyl (C=O) groups is 3. The normalized spacial score (nSPS) is 25.2. The highest BCUT2D eigenvalue weighted by molar-refractivity contribution is 6.18. The van der Waals surface area contributed by atoms with Gasteiger partial charge < -0.3 is 20.5 Å². The molecule has 0 saturated carbocycles. The zero-order valence-electron chi connectivity index (χ0n) is 16.0. The van der Waals surface area contributed by atoms with Crippen molar-refractivity contribution < 1.29 is 23.9 Å².